The first-order valence-electron chi connectivity index (χ1n) is 5.20. The molecule has 2 N–H and O–H groups in total. The van der Waals surface area contributed by atoms with E-state index in [2.05, 4.69) is 9.97 Å². The lowest BCUT2D eigenvalue weighted by Gasteiger charge is -1.96. The number of halogens is 1. The molecule has 0 amide bonds. The second-order valence-electron chi connectivity index (χ2n) is 3.58. The van der Waals surface area contributed by atoms with E-state index in [4.69, 9.17) is 16.7 Å². The lowest BCUT2D eigenvalue weighted by Crippen LogP contribution is -2.00. The number of aromatic amines is 1. The fourth-order valence-electron chi connectivity index (χ4n) is 1.59. The Bertz CT molecular complexity index is 546. The van der Waals surface area contributed by atoms with Crippen molar-refractivity contribution in [1.29, 1.82) is 0 Å². The van der Waals surface area contributed by atoms with Crippen molar-refractivity contribution in [3.63, 3.8) is 0 Å². The van der Waals surface area contributed by atoms with Gasteiger partial charge in [-0.3, -0.25) is 0 Å². The van der Waals surface area contributed by atoms with Gasteiger partial charge in [0.15, 0.2) is 5.69 Å². The van der Waals surface area contributed by atoms with Crippen molar-refractivity contribution >= 4 is 17.6 Å². The smallest absolute Gasteiger partial charge is 0.356 e. The summed E-state index contributed by atoms with van der Waals surface area (Å²) in [5.74, 6) is -0.464. The van der Waals surface area contributed by atoms with Gasteiger partial charge in [-0.05, 0) is 30.7 Å². The Morgan fingerprint density at radius 1 is 1.41 bits per heavy atom. The van der Waals surface area contributed by atoms with Crippen LogP contribution in [0.2, 0.25) is 5.02 Å². The third kappa shape index (κ3) is 2.31. The highest BCUT2D eigenvalue weighted by Crippen LogP contribution is 2.20. The third-order valence-electron chi connectivity index (χ3n) is 2.45. The number of hydrogen-bond donors (Lipinski definition) is 2. The van der Waals surface area contributed by atoms with E-state index in [1.807, 2.05) is 6.92 Å². The van der Waals surface area contributed by atoms with Crippen LogP contribution in [0, 0.1) is 0 Å². The van der Waals surface area contributed by atoms with Crippen LogP contribution in [0.25, 0.3) is 11.4 Å². The van der Waals surface area contributed by atoms with E-state index in [-0.39, 0.29) is 5.69 Å². The lowest BCUT2D eigenvalue weighted by molar-refractivity contribution is 0.0690. The Kier molecular flexibility index (Phi) is 3.15. The maximum absolute atomic E-state index is 11.0. The predicted octanol–water partition coefficient (Wildman–Crippen LogP) is 2.99. The van der Waals surface area contributed by atoms with Crippen molar-refractivity contribution in [2.24, 2.45) is 0 Å². The van der Waals surface area contributed by atoms with Crippen molar-refractivity contribution in [3.05, 3.63) is 40.7 Å². The summed E-state index contributed by atoms with van der Waals surface area (Å²) in [5, 5.41) is 9.63. The second kappa shape index (κ2) is 4.59. The Balaban J connectivity index is 2.46. The maximum atomic E-state index is 11.0. The molecule has 17 heavy (non-hydrogen) atoms. The number of benzene rings is 1. The Morgan fingerprint density at radius 3 is 2.53 bits per heavy atom. The zero-order valence-corrected chi connectivity index (χ0v) is 9.95. The summed E-state index contributed by atoms with van der Waals surface area (Å²) in [7, 11) is 0. The highest BCUT2D eigenvalue weighted by molar-refractivity contribution is 6.30. The molecule has 0 fully saturated rings. The molecule has 0 aliphatic carbocycles. The molecular weight excluding hydrogens is 240 g/mol. The van der Waals surface area contributed by atoms with Crippen LogP contribution in [-0.4, -0.2) is 21.0 Å². The maximum Gasteiger partial charge on any atom is 0.356 e. The minimum Gasteiger partial charge on any atom is -0.476 e. The highest BCUT2D eigenvalue weighted by atomic mass is 35.5. The molecule has 1 aromatic heterocycles. The molecule has 0 aliphatic heterocycles. The number of aryl methyl sites for hydroxylation is 1. The molecule has 2 rings (SSSR count). The van der Waals surface area contributed by atoms with Crippen LogP contribution in [0.4, 0.5) is 0 Å². The molecular formula is C12H11ClN2O2. The van der Waals surface area contributed by atoms with Crippen molar-refractivity contribution in [2.45, 2.75) is 13.3 Å². The van der Waals surface area contributed by atoms with Crippen molar-refractivity contribution in [1.82, 2.24) is 9.97 Å². The summed E-state index contributed by atoms with van der Waals surface area (Å²) < 4.78 is 0. The van der Waals surface area contributed by atoms with Crippen LogP contribution in [-0.2, 0) is 6.42 Å². The molecule has 0 saturated heterocycles. The number of carboxylic acid groups (broad SMARTS) is 1. The Labute approximate surface area is 103 Å². The van der Waals surface area contributed by atoms with E-state index in [0.29, 0.717) is 23.0 Å². The van der Waals surface area contributed by atoms with Crippen LogP contribution in [0.15, 0.2) is 24.3 Å². The minimum atomic E-state index is -1.02. The molecule has 0 radical (unpaired) electrons. The average Bonchev–Trinajstić information content (AvgIpc) is 2.74. The van der Waals surface area contributed by atoms with Crippen LogP contribution >= 0.6 is 11.6 Å². The van der Waals surface area contributed by atoms with Gasteiger partial charge in [-0.1, -0.05) is 18.5 Å². The van der Waals surface area contributed by atoms with E-state index in [0.717, 1.165) is 5.56 Å². The van der Waals surface area contributed by atoms with Crippen LogP contribution in [0.1, 0.15) is 23.1 Å². The van der Waals surface area contributed by atoms with E-state index in [1.165, 1.54) is 0 Å². The number of carbonyl (C=O) groups is 1. The summed E-state index contributed by atoms with van der Waals surface area (Å²) in [5.41, 5.74) is 1.52. The third-order valence-corrected chi connectivity index (χ3v) is 2.70. The summed E-state index contributed by atoms with van der Waals surface area (Å²) >= 11 is 5.79. The van der Waals surface area contributed by atoms with Gasteiger partial charge in [0.2, 0.25) is 0 Å². The predicted molar refractivity (Wildman–Crippen MR) is 65.4 cm³/mol. The number of aromatic nitrogens is 2. The highest BCUT2D eigenvalue weighted by Gasteiger charge is 2.15. The summed E-state index contributed by atoms with van der Waals surface area (Å²) in [6.07, 6.45) is 0.599. The van der Waals surface area contributed by atoms with Gasteiger partial charge in [-0.25, -0.2) is 9.78 Å². The van der Waals surface area contributed by atoms with Gasteiger partial charge in [0.1, 0.15) is 5.82 Å². The topological polar surface area (TPSA) is 66.0 Å². The van der Waals surface area contributed by atoms with E-state index >= 15 is 0 Å². The first kappa shape index (κ1) is 11.7. The molecule has 1 aromatic carbocycles. The number of aromatic carboxylic acids is 1. The fraction of sp³-hybridized carbons (Fsp3) is 0.167. The van der Waals surface area contributed by atoms with Gasteiger partial charge in [-0.15, -0.1) is 0 Å². The number of nitrogens with one attached hydrogen (secondary N) is 1. The first-order valence-corrected chi connectivity index (χ1v) is 5.57. The van der Waals surface area contributed by atoms with Gasteiger partial charge in [-0.2, -0.15) is 0 Å². The summed E-state index contributed by atoms with van der Waals surface area (Å²) in [6.45, 7) is 1.88. The van der Waals surface area contributed by atoms with Gasteiger partial charge in [0, 0.05) is 16.3 Å². The largest absolute Gasteiger partial charge is 0.476 e. The molecule has 88 valence electrons. The average molecular weight is 251 g/mol. The Morgan fingerprint density at radius 2 is 2.06 bits per heavy atom. The van der Waals surface area contributed by atoms with E-state index in [9.17, 15) is 4.79 Å². The van der Waals surface area contributed by atoms with Gasteiger partial charge in [0.25, 0.3) is 0 Å². The number of rotatable bonds is 3. The van der Waals surface area contributed by atoms with Gasteiger partial charge in [0.05, 0.1) is 0 Å². The molecule has 0 unspecified atom stereocenters. The Hall–Kier alpha value is -1.81. The summed E-state index contributed by atoms with van der Waals surface area (Å²) in [6, 6.07) is 7.08. The van der Waals surface area contributed by atoms with Crippen molar-refractivity contribution in [3.8, 4) is 11.4 Å². The molecule has 4 nitrogen and oxygen atoms in total. The lowest BCUT2D eigenvalue weighted by atomic mass is 10.2. The molecule has 1 heterocycles. The number of H-pyrrole nitrogens is 1. The van der Waals surface area contributed by atoms with Crippen LogP contribution in [0.5, 0.6) is 0 Å². The fourth-order valence-corrected chi connectivity index (χ4v) is 1.71. The normalized spacial score (nSPS) is 10.5. The SMILES string of the molecule is CCc1[nH]c(-c2ccc(Cl)cc2)nc1C(=O)O. The van der Waals surface area contributed by atoms with Crippen LogP contribution in [0.3, 0.4) is 0 Å². The van der Waals surface area contributed by atoms with Gasteiger partial charge < -0.3 is 10.1 Å². The van der Waals surface area contributed by atoms with E-state index < -0.39 is 5.97 Å². The van der Waals surface area contributed by atoms with Crippen LogP contribution < -0.4 is 0 Å². The van der Waals surface area contributed by atoms with Crippen molar-refractivity contribution in [2.75, 3.05) is 0 Å². The van der Waals surface area contributed by atoms with Gasteiger partial charge >= 0.3 is 5.97 Å². The number of imidazole rings is 1. The minimum absolute atomic E-state index is 0.0810. The molecule has 0 bridgehead atoms. The molecule has 0 aliphatic rings. The monoisotopic (exact) mass is 250 g/mol. The molecule has 0 spiro atoms. The van der Waals surface area contributed by atoms with E-state index in [1.54, 1.807) is 24.3 Å². The zero-order valence-electron chi connectivity index (χ0n) is 9.20. The summed E-state index contributed by atoms with van der Waals surface area (Å²) in [4.78, 5) is 18.1. The molecule has 0 atom stereocenters. The quantitative estimate of drug-likeness (QED) is 0.880. The number of nitrogens with zero attached hydrogens (tertiary/aromatic N) is 1. The molecule has 5 heteroatoms. The number of hydrogen-bond acceptors (Lipinski definition) is 2. The molecule has 2 aromatic rings. The zero-order chi connectivity index (χ0) is 12.4. The number of carboxylic acids is 1. The second-order valence-corrected chi connectivity index (χ2v) is 4.01. The first-order chi connectivity index (χ1) is 8.11. The molecule has 0 saturated carbocycles. The standard InChI is InChI=1S/C12H11ClN2O2/c1-2-9-10(12(16)17)15-11(14-9)7-3-5-8(13)6-4-7/h3-6H,2H2,1H3,(H,14,15)(H,16,17). The van der Waals surface area contributed by atoms with Crippen molar-refractivity contribution < 1.29 is 9.90 Å².